The molecule has 1 saturated carbocycles. The van der Waals surface area contributed by atoms with Crippen LogP contribution in [0.25, 0.3) is 0 Å². The quantitative estimate of drug-likeness (QED) is 0.874. The molecule has 2 heterocycles. The average Bonchev–Trinajstić information content (AvgIpc) is 2.88. The molecule has 0 bridgehead atoms. The first-order chi connectivity index (χ1) is 11.6. The van der Waals surface area contributed by atoms with Gasteiger partial charge in [-0.1, -0.05) is 0 Å². The summed E-state index contributed by atoms with van der Waals surface area (Å²) in [6.45, 7) is 4.41. The maximum Gasteiger partial charge on any atom is 0.248 e. The van der Waals surface area contributed by atoms with Crippen molar-refractivity contribution < 1.29 is 13.5 Å². The third kappa shape index (κ3) is 4.50. The molecule has 1 saturated heterocycles. The molecule has 1 unspecified atom stereocenters. The van der Waals surface area contributed by atoms with Crippen molar-refractivity contribution in [1.82, 2.24) is 15.2 Å². The van der Waals surface area contributed by atoms with Crippen LogP contribution in [0.5, 0.6) is 0 Å². The van der Waals surface area contributed by atoms with Crippen LogP contribution in [0.4, 0.5) is 8.78 Å². The van der Waals surface area contributed by atoms with Crippen molar-refractivity contribution in [2.45, 2.75) is 50.0 Å². The largest absolute Gasteiger partial charge is 0.380 e. The summed E-state index contributed by atoms with van der Waals surface area (Å²) >= 11 is 1.71. The normalized spacial score (nSPS) is 24.6. The number of alkyl halides is 2. The van der Waals surface area contributed by atoms with Gasteiger partial charge in [0.1, 0.15) is 0 Å². The molecule has 0 amide bonds. The second-order valence-electron chi connectivity index (χ2n) is 6.81. The predicted octanol–water partition coefficient (Wildman–Crippen LogP) is 3.42. The van der Waals surface area contributed by atoms with Crippen LogP contribution in [-0.4, -0.2) is 55.7 Å². The minimum absolute atomic E-state index is 0.00398. The van der Waals surface area contributed by atoms with Gasteiger partial charge in [-0.05, 0) is 26.3 Å². The van der Waals surface area contributed by atoms with Gasteiger partial charge in [-0.25, -0.2) is 13.8 Å². The van der Waals surface area contributed by atoms with Crippen molar-refractivity contribution in [2.75, 3.05) is 39.9 Å². The number of likely N-dealkylation sites (N-methyl/N-ethyl adjacent to an activating group) is 1. The molecule has 2 fully saturated rings. The number of rotatable bonds is 5. The molecule has 2 aliphatic rings. The number of hydrogen-bond acceptors (Lipinski definition) is 5. The lowest BCUT2D eigenvalue weighted by atomic mass is 9.87. The maximum atomic E-state index is 13.4. The highest BCUT2D eigenvalue weighted by molar-refractivity contribution is 7.11. The van der Waals surface area contributed by atoms with Crippen molar-refractivity contribution in [3.05, 3.63) is 16.1 Å². The monoisotopic (exact) mass is 359 g/mol. The Hall–Kier alpha value is -0.630. The molecule has 0 radical (unpaired) electrons. The minimum atomic E-state index is -2.47. The summed E-state index contributed by atoms with van der Waals surface area (Å²) in [6, 6.07) is 0.285. The summed E-state index contributed by atoms with van der Waals surface area (Å²) in [5, 5.41) is 4.32. The summed E-state index contributed by atoms with van der Waals surface area (Å²) in [6.07, 6.45) is 4.10. The SMILES string of the molecule is CNCC(c1cnc(C2CCC(F)(F)CC2)s1)N1CCCOCC1. The molecule has 1 aromatic rings. The first-order valence-electron chi connectivity index (χ1n) is 8.89. The first-order valence-corrected chi connectivity index (χ1v) is 9.70. The van der Waals surface area contributed by atoms with E-state index in [0.717, 1.165) is 44.3 Å². The first kappa shape index (κ1) is 18.2. The lowest BCUT2D eigenvalue weighted by Gasteiger charge is -2.29. The van der Waals surface area contributed by atoms with Gasteiger partial charge < -0.3 is 10.1 Å². The highest BCUT2D eigenvalue weighted by atomic mass is 32.1. The van der Waals surface area contributed by atoms with Crippen molar-refractivity contribution in [3.63, 3.8) is 0 Å². The number of nitrogens with zero attached hydrogens (tertiary/aromatic N) is 2. The zero-order valence-corrected chi connectivity index (χ0v) is 15.1. The number of ether oxygens (including phenoxy) is 1. The molecule has 1 N–H and O–H groups in total. The molecule has 1 aromatic heterocycles. The van der Waals surface area contributed by atoms with E-state index in [1.165, 1.54) is 4.88 Å². The van der Waals surface area contributed by atoms with E-state index in [4.69, 9.17) is 4.74 Å². The molecule has 0 aromatic carbocycles. The molecule has 4 nitrogen and oxygen atoms in total. The molecule has 7 heteroatoms. The van der Waals surface area contributed by atoms with E-state index in [0.29, 0.717) is 12.8 Å². The summed E-state index contributed by atoms with van der Waals surface area (Å²) in [5.41, 5.74) is 0. The van der Waals surface area contributed by atoms with Crippen molar-refractivity contribution >= 4 is 11.3 Å². The molecule has 1 aliphatic carbocycles. The van der Waals surface area contributed by atoms with Gasteiger partial charge in [0.15, 0.2) is 0 Å². The van der Waals surface area contributed by atoms with E-state index < -0.39 is 5.92 Å². The number of nitrogens with one attached hydrogen (secondary N) is 1. The number of aromatic nitrogens is 1. The van der Waals surface area contributed by atoms with Crippen molar-refractivity contribution in [2.24, 2.45) is 0 Å². The lowest BCUT2D eigenvalue weighted by molar-refractivity contribution is -0.0382. The van der Waals surface area contributed by atoms with Gasteiger partial charge >= 0.3 is 0 Å². The summed E-state index contributed by atoms with van der Waals surface area (Å²) in [4.78, 5) is 8.29. The van der Waals surface area contributed by atoms with Gasteiger partial charge in [-0.15, -0.1) is 11.3 Å². The van der Waals surface area contributed by atoms with Crippen LogP contribution >= 0.6 is 11.3 Å². The zero-order chi connectivity index (χ0) is 17.0. The van der Waals surface area contributed by atoms with E-state index in [2.05, 4.69) is 15.2 Å². The summed E-state index contributed by atoms with van der Waals surface area (Å²) in [5.74, 6) is -2.27. The highest BCUT2D eigenvalue weighted by Crippen LogP contribution is 2.42. The summed E-state index contributed by atoms with van der Waals surface area (Å²) < 4.78 is 32.3. The highest BCUT2D eigenvalue weighted by Gasteiger charge is 2.36. The van der Waals surface area contributed by atoms with Gasteiger partial charge in [-0.2, -0.15) is 0 Å². The number of hydrogen-bond donors (Lipinski definition) is 1. The second-order valence-corrected chi connectivity index (χ2v) is 7.90. The Morgan fingerprint density at radius 2 is 2.17 bits per heavy atom. The Bertz CT molecular complexity index is 508. The average molecular weight is 359 g/mol. The van der Waals surface area contributed by atoms with Gasteiger partial charge in [0.25, 0.3) is 0 Å². The van der Waals surface area contributed by atoms with E-state index in [1.807, 2.05) is 13.2 Å². The van der Waals surface area contributed by atoms with Gasteiger partial charge in [0.2, 0.25) is 5.92 Å². The van der Waals surface area contributed by atoms with E-state index >= 15 is 0 Å². The minimum Gasteiger partial charge on any atom is -0.380 e. The van der Waals surface area contributed by atoms with Crippen LogP contribution in [-0.2, 0) is 4.74 Å². The standard InChI is InChI=1S/C17H27F2N3OS/c1-20-11-14(22-7-2-9-23-10-8-22)15-12-21-16(24-15)13-3-5-17(18,19)6-4-13/h12-14,20H,2-11H2,1H3. The Morgan fingerprint density at radius 3 is 2.92 bits per heavy atom. The summed E-state index contributed by atoms with van der Waals surface area (Å²) in [7, 11) is 1.96. The van der Waals surface area contributed by atoms with E-state index in [9.17, 15) is 8.78 Å². The molecule has 136 valence electrons. The predicted molar refractivity (Wildman–Crippen MR) is 91.9 cm³/mol. The van der Waals surface area contributed by atoms with Crippen LogP contribution in [0.15, 0.2) is 6.20 Å². The second kappa shape index (κ2) is 8.17. The third-order valence-electron chi connectivity index (χ3n) is 5.03. The lowest BCUT2D eigenvalue weighted by Crippen LogP contribution is -2.36. The molecule has 0 spiro atoms. The van der Waals surface area contributed by atoms with Gasteiger partial charge in [0.05, 0.1) is 17.7 Å². The molecule has 1 atom stereocenters. The zero-order valence-electron chi connectivity index (χ0n) is 14.3. The fourth-order valence-electron chi connectivity index (χ4n) is 3.61. The molecular formula is C17H27F2N3OS. The molecular weight excluding hydrogens is 332 g/mol. The number of halogens is 2. The molecule has 3 rings (SSSR count). The Balaban J connectivity index is 1.69. The van der Waals surface area contributed by atoms with Crippen LogP contribution in [0.3, 0.4) is 0 Å². The Morgan fingerprint density at radius 1 is 1.38 bits per heavy atom. The fraction of sp³-hybridized carbons (Fsp3) is 0.824. The van der Waals surface area contributed by atoms with Crippen LogP contribution in [0, 0.1) is 0 Å². The van der Waals surface area contributed by atoms with Gasteiger partial charge in [-0.3, -0.25) is 4.90 Å². The maximum absolute atomic E-state index is 13.4. The van der Waals surface area contributed by atoms with Crippen molar-refractivity contribution in [3.8, 4) is 0 Å². The van der Waals surface area contributed by atoms with Gasteiger partial charge in [0, 0.05) is 56.1 Å². The van der Waals surface area contributed by atoms with Crippen molar-refractivity contribution in [1.29, 1.82) is 0 Å². The molecule has 1 aliphatic heterocycles. The topological polar surface area (TPSA) is 37.4 Å². The van der Waals surface area contributed by atoms with Crippen LogP contribution in [0.2, 0.25) is 0 Å². The fourth-order valence-corrected chi connectivity index (χ4v) is 4.83. The molecule has 24 heavy (non-hydrogen) atoms. The third-order valence-corrected chi connectivity index (χ3v) is 6.29. The van der Waals surface area contributed by atoms with Crippen LogP contribution < -0.4 is 5.32 Å². The number of thiazole rings is 1. The van der Waals surface area contributed by atoms with E-state index in [-0.39, 0.29) is 24.8 Å². The Labute approximate surface area is 146 Å². The Kier molecular flexibility index (Phi) is 6.18. The van der Waals surface area contributed by atoms with Crippen LogP contribution in [0.1, 0.15) is 53.9 Å². The van der Waals surface area contributed by atoms with E-state index in [1.54, 1.807) is 11.3 Å². The smallest absolute Gasteiger partial charge is 0.248 e.